The van der Waals surface area contributed by atoms with Crippen LogP contribution in [-0.2, 0) is 14.9 Å². The van der Waals surface area contributed by atoms with Crippen LogP contribution >= 0.6 is 0 Å². The zero-order valence-electron chi connectivity index (χ0n) is 6.99. The highest BCUT2D eigenvalue weighted by Crippen LogP contribution is 2.16. The van der Waals surface area contributed by atoms with E-state index in [2.05, 4.69) is 4.72 Å². The summed E-state index contributed by atoms with van der Waals surface area (Å²) in [6.07, 6.45) is 0.893. The molecule has 0 radical (unpaired) electrons. The lowest BCUT2D eigenvalue weighted by atomic mass is 10.0. The van der Waals surface area contributed by atoms with E-state index in [1.807, 2.05) is 0 Å². The molecule has 5 nitrogen and oxygen atoms in total. The minimum absolute atomic E-state index is 0.137. The zero-order valence-corrected chi connectivity index (χ0v) is 7.80. The Labute approximate surface area is 72.5 Å². The molecule has 0 aromatic carbocycles. The van der Waals surface area contributed by atoms with Gasteiger partial charge in [-0.25, -0.2) is 5.14 Å². The first kappa shape index (κ1) is 9.91. The van der Waals surface area contributed by atoms with Crippen molar-refractivity contribution in [3.8, 4) is 0 Å². The number of hydrogen-bond acceptors (Lipinski definition) is 3. The first-order valence-corrected chi connectivity index (χ1v) is 5.41. The van der Waals surface area contributed by atoms with Gasteiger partial charge in [0.25, 0.3) is 10.2 Å². The highest BCUT2D eigenvalue weighted by atomic mass is 32.2. The van der Waals surface area contributed by atoms with Crippen molar-refractivity contribution < 1.29 is 13.2 Å². The SMILES string of the molecule is CC(NS(N)(=O)=O)C1CCOC1. The summed E-state index contributed by atoms with van der Waals surface area (Å²) in [7, 11) is -3.57. The molecule has 0 bridgehead atoms. The van der Waals surface area contributed by atoms with E-state index in [9.17, 15) is 8.42 Å². The molecule has 2 atom stereocenters. The van der Waals surface area contributed by atoms with E-state index in [1.165, 1.54) is 0 Å². The lowest BCUT2D eigenvalue weighted by molar-refractivity contribution is 0.180. The van der Waals surface area contributed by atoms with Gasteiger partial charge in [-0.15, -0.1) is 0 Å². The molecule has 1 saturated heterocycles. The number of nitrogens with two attached hydrogens (primary N) is 1. The summed E-state index contributed by atoms with van der Waals surface area (Å²) < 4.78 is 28.7. The molecule has 1 aliphatic heterocycles. The van der Waals surface area contributed by atoms with Gasteiger partial charge in [0, 0.05) is 18.6 Å². The van der Waals surface area contributed by atoms with E-state index in [1.54, 1.807) is 6.92 Å². The minimum atomic E-state index is -3.57. The predicted octanol–water partition coefficient (Wildman–Crippen LogP) is -0.795. The Kier molecular flexibility index (Phi) is 3.05. The number of rotatable bonds is 3. The first-order chi connectivity index (χ1) is 5.49. The lowest BCUT2D eigenvalue weighted by Crippen LogP contribution is -2.41. The molecule has 0 saturated carbocycles. The summed E-state index contributed by atoms with van der Waals surface area (Å²) in [5.74, 6) is 0.253. The monoisotopic (exact) mass is 194 g/mol. The topological polar surface area (TPSA) is 81.4 Å². The normalized spacial score (nSPS) is 27.3. The summed E-state index contributed by atoms with van der Waals surface area (Å²) in [5.41, 5.74) is 0. The molecule has 1 rings (SSSR count). The maximum atomic E-state index is 10.6. The largest absolute Gasteiger partial charge is 0.381 e. The predicted molar refractivity (Wildman–Crippen MR) is 44.6 cm³/mol. The van der Waals surface area contributed by atoms with Crippen LogP contribution in [-0.4, -0.2) is 27.7 Å². The molecule has 0 amide bonds. The van der Waals surface area contributed by atoms with Gasteiger partial charge in [0.15, 0.2) is 0 Å². The Morgan fingerprint density at radius 3 is 2.75 bits per heavy atom. The van der Waals surface area contributed by atoms with Gasteiger partial charge in [-0.3, -0.25) is 0 Å². The minimum Gasteiger partial charge on any atom is -0.381 e. The quantitative estimate of drug-likeness (QED) is 0.617. The van der Waals surface area contributed by atoms with E-state index >= 15 is 0 Å². The van der Waals surface area contributed by atoms with Crippen LogP contribution in [0.3, 0.4) is 0 Å². The van der Waals surface area contributed by atoms with Gasteiger partial charge in [0.2, 0.25) is 0 Å². The molecule has 0 spiro atoms. The van der Waals surface area contributed by atoms with Gasteiger partial charge < -0.3 is 4.74 Å². The van der Waals surface area contributed by atoms with Crippen LogP contribution in [0.2, 0.25) is 0 Å². The third-order valence-corrected chi connectivity index (χ3v) is 2.72. The number of ether oxygens (including phenoxy) is 1. The van der Waals surface area contributed by atoms with Crippen molar-refractivity contribution in [1.29, 1.82) is 0 Å². The second-order valence-corrected chi connectivity index (χ2v) is 4.40. The summed E-state index contributed by atoms with van der Waals surface area (Å²) in [6.45, 7) is 3.12. The van der Waals surface area contributed by atoms with Gasteiger partial charge >= 0.3 is 0 Å². The molecule has 3 N–H and O–H groups in total. The van der Waals surface area contributed by atoms with E-state index in [0.717, 1.165) is 6.42 Å². The maximum Gasteiger partial charge on any atom is 0.274 e. The molecule has 72 valence electrons. The average molecular weight is 194 g/mol. The molecular formula is C6H14N2O3S. The summed E-state index contributed by atoms with van der Waals surface area (Å²) in [4.78, 5) is 0. The fourth-order valence-corrected chi connectivity index (χ4v) is 2.01. The van der Waals surface area contributed by atoms with E-state index in [-0.39, 0.29) is 12.0 Å². The van der Waals surface area contributed by atoms with Crippen LogP contribution in [0, 0.1) is 5.92 Å². The molecule has 12 heavy (non-hydrogen) atoms. The Hall–Kier alpha value is -0.170. The molecule has 1 fully saturated rings. The van der Waals surface area contributed by atoms with Crippen LogP contribution in [0.4, 0.5) is 0 Å². The zero-order chi connectivity index (χ0) is 9.19. The van der Waals surface area contributed by atoms with Gasteiger partial charge in [-0.2, -0.15) is 13.1 Å². The fourth-order valence-electron chi connectivity index (χ4n) is 1.30. The van der Waals surface area contributed by atoms with Gasteiger partial charge in [-0.05, 0) is 13.3 Å². The van der Waals surface area contributed by atoms with Crippen LogP contribution in [0.25, 0.3) is 0 Å². The van der Waals surface area contributed by atoms with Crippen molar-refractivity contribution >= 4 is 10.2 Å². The van der Waals surface area contributed by atoms with Crippen molar-refractivity contribution in [2.45, 2.75) is 19.4 Å². The van der Waals surface area contributed by atoms with Crippen molar-refractivity contribution in [2.75, 3.05) is 13.2 Å². The first-order valence-electron chi connectivity index (χ1n) is 3.87. The standard InChI is InChI=1S/C6H14N2O3S/c1-5(8-12(7,9)10)6-2-3-11-4-6/h5-6,8H,2-4H2,1H3,(H2,7,9,10). The average Bonchev–Trinajstić information content (AvgIpc) is 2.32. The second kappa shape index (κ2) is 3.69. The molecule has 6 heteroatoms. The highest BCUT2D eigenvalue weighted by molar-refractivity contribution is 7.87. The third-order valence-electron chi connectivity index (χ3n) is 2.02. The van der Waals surface area contributed by atoms with E-state index in [4.69, 9.17) is 9.88 Å². The van der Waals surface area contributed by atoms with Crippen molar-refractivity contribution in [2.24, 2.45) is 11.1 Å². The summed E-state index contributed by atoms with van der Waals surface area (Å²) in [5, 5.41) is 4.82. The molecular weight excluding hydrogens is 180 g/mol. The van der Waals surface area contributed by atoms with Crippen molar-refractivity contribution in [3.63, 3.8) is 0 Å². The molecule has 0 aromatic rings. The van der Waals surface area contributed by atoms with Crippen molar-refractivity contribution in [1.82, 2.24) is 4.72 Å². The Morgan fingerprint density at radius 1 is 1.67 bits per heavy atom. The van der Waals surface area contributed by atoms with Gasteiger partial charge in [0.05, 0.1) is 6.61 Å². The Morgan fingerprint density at radius 2 is 2.33 bits per heavy atom. The fraction of sp³-hybridized carbons (Fsp3) is 1.00. The van der Waals surface area contributed by atoms with Crippen LogP contribution in [0.5, 0.6) is 0 Å². The maximum absolute atomic E-state index is 10.6. The molecule has 0 aromatic heterocycles. The number of nitrogens with one attached hydrogen (secondary N) is 1. The molecule has 1 heterocycles. The second-order valence-electron chi connectivity index (χ2n) is 3.08. The Bertz CT molecular complexity index is 233. The molecule has 2 unspecified atom stereocenters. The van der Waals surface area contributed by atoms with E-state index < -0.39 is 10.2 Å². The Balaban J connectivity index is 2.42. The van der Waals surface area contributed by atoms with Crippen molar-refractivity contribution in [3.05, 3.63) is 0 Å². The smallest absolute Gasteiger partial charge is 0.274 e. The van der Waals surface area contributed by atoms with Crippen LogP contribution in [0.1, 0.15) is 13.3 Å². The van der Waals surface area contributed by atoms with Gasteiger partial charge in [0.1, 0.15) is 0 Å². The van der Waals surface area contributed by atoms with E-state index in [0.29, 0.717) is 13.2 Å². The molecule has 1 aliphatic rings. The number of hydrogen-bond donors (Lipinski definition) is 2. The lowest BCUT2D eigenvalue weighted by Gasteiger charge is -2.16. The third kappa shape index (κ3) is 3.06. The molecule has 0 aliphatic carbocycles. The summed E-state index contributed by atoms with van der Waals surface area (Å²) in [6, 6.07) is -0.137. The van der Waals surface area contributed by atoms with Gasteiger partial charge in [-0.1, -0.05) is 0 Å². The van der Waals surface area contributed by atoms with Crippen LogP contribution < -0.4 is 9.86 Å². The van der Waals surface area contributed by atoms with Crippen LogP contribution in [0.15, 0.2) is 0 Å². The summed E-state index contributed by atoms with van der Waals surface area (Å²) >= 11 is 0. The highest BCUT2D eigenvalue weighted by Gasteiger charge is 2.24.